The van der Waals surface area contributed by atoms with Crippen molar-refractivity contribution in [2.75, 3.05) is 13.1 Å². The maximum atomic E-state index is 12.5. The Balaban J connectivity index is 1.59. The molecule has 1 saturated heterocycles. The van der Waals surface area contributed by atoms with Gasteiger partial charge in [-0.3, -0.25) is 9.59 Å². The first-order valence-electron chi connectivity index (χ1n) is 8.74. The number of hydrogen-bond donors (Lipinski definition) is 1. The SMILES string of the molecule is O=C(O)[C@@H]1CN(C(=O)CCCc2ccccc2)C[C@@H]1c1ccccc1. The van der Waals surface area contributed by atoms with Gasteiger partial charge < -0.3 is 10.0 Å². The zero-order valence-corrected chi connectivity index (χ0v) is 14.2. The third-order valence-electron chi connectivity index (χ3n) is 4.92. The van der Waals surface area contributed by atoms with E-state index in [0.29, 0.717) is 19.5 Å². The van der Waals surface area contributed by atoms with Crippen molar-refractivity contribution in [2.45, 2.75) is 25.2 Å². The Labute approximate surface area is 148 Å². The summed E-state index contributed by atoms with van der Waals surface area (Å²) in [5.74, 6) is -1.42. The van der Waals surface area contributed by atoms with Crippen LogP contribution in [-0.4, -0.2) is 35.0 Å². The number of nitrogens with zero attached hydrogens (tertiary/aromatic N) is 1. The molecule has 1 aliphatic rings. The quantitative estimate of drug-likeness (QED) is 0.879. The van der Waals surface area contributed by atoms with Crippen molar-refractivity contribution < 1.29 is 14.7 Å². The lowest BCUT2D eigenvalue weighted by molar-refractivity contribution is -0.141. The third kappa shape index (κ3) is 4.27. The molecule has 0 radical (unpaired) electrons. The Hall–Kier alpha value is -2.62. The van der Waals surface area contributed by atoms with Gasteiger partial charge in [0.25, 0.3) is 0 Å². The maximum absolute atomic E-state index is 12.5. The Bertz CT molecular complexity index is 714. The topological polar surface area (TPSA) is 57.6 Å². The molecule has 1 N–H and O–H groups in total. The molecule has 1 heterocycles. The molecule has 0 unspecified atom stereocenters. The van der Waals surface area contributed by atoms with E-state index in [1.807, 2.05) is 48.5 Å². The standard InChI is InChI=1S/C21H23NO3/c23-20(13-7-10-16-8-3-1-4-9-16)22-14-18(19(15-22)21(24)25)17-11-5-2-6-12-17/h1-6,8-9,11-12,18-19H,7,10,13-15H2,(H,24,25)/t18-,19-/m1/s1. The number of aryl methyl sites for hydroxylation is 1. The van der Waals surface area contributed by atoms with Crippen molar-refractivity contribution in [1.82, 2.24) is 4.90 Å². The van der Waals surface area contributed by atoms with Crippen LogP contribution in [0.25, 0.3) is 0 Å². The zero-order valence-electron chi connectivity index (χ0n) is 14.2. The molecule has 2 atom stereocenters. The molecule has 25 heavy (non-hydrogen) atoms. The van der Waals surface area contributed by atoms with Crippen LogP contribution in [0.4, 0.5) is 0 Å². The number of carbonyl (C=O) groups is 2. The fourth-order valence-corrected chi connectivity index (χ4v) is 3.54. The van der Waals surface area contributed by atoms with E-state index >= 15 is 0 Å². The van der Waals surface area contributed by atoms with Gasteiger partial charge in [0.2, 0.25) is 5.91 Å². The summed E-state index contributed by atoms with van der Waals surface area (Å²) >= 11 is 0. The predicted octanol–water partition coefficient (Wildman–Crippen LogP) is 3.34. The second-order valence-corrected chi connectivity index (χ2v) is 6.60. The summed E-state index contributed by atoms with van der Waals surface area (Å²) in [4.78, 5) is 25.9. The number of carbonyl (C=O) groups excluding carboxylic acids is 1. The largest absolute Gasteiger partial charge is 0.481 e. The number of aliphatic carboxylic acids is 1. The first-order valence-corrected chi connectivity index (χ1v) is 8.74. The number of benzene rings is 2. The summed E-state index contributed by atoms with van der Waals surface area (Å²) in [6.07, 6.45) is 2.11. The number of hydrogen-bond acceptors (Lipinski definition) is 2. The van der Waals surface area contributed by atoms with Crippen LogP contribution in [0, 0.1) is 5.92 Å². The molecule has 1 fully saturated rings. The van der Waals surface area contributed by atoms with E-state index in [4.69, 9.17) is 0 Å². The fraction of sp³-hybridized carbons (Fsp3) is 0.333. The average Bonchev–Trinajstić information content (AvgIpc) is 3.09. The van der Waals surface area contributed by atoms with E-state index in [1.165, 1.54) is 5.56 Å². The van der Waals surface area contributed by atoms with Gasteiger partial charge in [-0.2, -0.15) is 0 Å². The van der Waals surface area contributed by atoms with Crippen molar-refractivity contribution in [3.05, 3.63) is 71.8 Å². The highest BCUT2D eigenvalue weighted by molar-refractivity contribution is 5.79. The number of amides is 1. The summed E-state index contributed by atoms with van der Waals surface area (Å²) in [6, 6.07) is 19.7. The number of rotatable bonds is 6. The van der Waals surface area contributed by atoms with Gasteiger partial charge >= 0.3 is 5.97 Å². The second-order valence-electron chi connectivity index (χ2n) is 6.60. The summed E-state index contributed by atoms with van der Waals surface area (Å²) in [5.41, 5.74) is 2.22. The van der Waals surface area contributed by atoms with E-state index < -0.39 is 11.9 Å². The second kappa shape index (κ2) is 7.97. The molecule has 0 aliphatic carbocycles. The minimum absolute atomic E-state index is 0.0561. The Morgan fingerprint density at radius 3 is 2.24 bits per heavy atom. The summed E-state index contributed by atoms with van der Waals surface area (Å²) in [5, 5.41) is 9.53. The molecule has 4 heteroatoms. The molecule has 0 bridgehead atoms. The van der Waals surface area contributed by atoms with Gasteiger partial charge in [-0.1, -0.05) is 60.7 Å². The molecule has 1 amide bonds. The molecule has 4 nitrogen and oxygen atoms in total. The van der Waals surface area contributed by atoms with Gasteiger partial charge in [0.15, 0.2) is 0 Å². The third-order valence-corrected chi connectivity index (χ3v) is 4.92. The molecular weight excluding hydrogens is 314 g/mol. The van der Waals surface area contributed by atoms with Crippen LogP contribution < -0.4 is 0 Å². The lowest BCUT2D eigenvalue weighted by atomic mass is 9.89. The lowest BCUT2D eigenvalue weighted by Crippen LogP contribution is -2.29. The van der Waals surface area contributed by atoms with Crippen molar-refractivity contribution in [1.29, 1.82) is 0 Å². The van der Waals surface area contributed by atoms with Crippen LogP contribution in [-0.2, 0) is 16.0 Å². The average molecular weight is 337 g/mol. The van der Waals surface area contributed by atoms with E-state index in [0.717, 1.165) is 18.4 Å². The molecule has 3 rings (SSSR count). The Morgan fingerprint density at radius 2 is 1.60 bits per heavy atom. The number of likely N-dealkylation sites (tertiary alicyclic amines) is 1. The zero-order chi connectivity index (χ0) is 17.6. The summed E-state index contributed by atoms with van der Waals surface area (Å²) < 4.78 is 0. The Kier molecular flexibility index (Phi) is 5.49. The smallest absolute Gasteiger partial charge is 0.308 e. The molecular formula is C21H23NO3. The minimum atomic E-state index is -0.826. The minimum Gasteiger partial charge on any atom is -0.481 e. The van der Waals surface area contributed by atoms with Crippen molar-refractivity contribution in [2.24, 2.45) is 5.92 Å². The van der Waals surface area contributed by atoms with Crippen molar-refractivity contribution in [3.63, 3.8) is 0 Å². The van der Waals surface area contributed by atoms with Gasteiger partial charge in [0.1, 0.15) is 0 Å². The molecule has 130 valence electrons. The van der Waals surface area contributed by atoms with Crippen molar-refractivity contribution in [3.8, 4) is 0 Å². The predicted molar refractivity (Wildman–Crippen MR) is 96.3 cm³/mol. The van der Waals surface area contributed by atoms with Crippen LogP contribution in [0.5, 0.6) is 0 Å². The summed E-state index contributed by atoms with van der Waals surface area (Å²) in [7, 11) is 0. The van der Waals surface area contributed by atoms with E-state index in [1.54, 1.807) is 4.90 Å². The molecule has 0 aromatic heterocycles. The monoisotopic (exact) mass is 337 g/mol. The van der Waals surface area contributed by atoms with Gasteiger partial charge in [-0.15, -0.1) is 0 Å². The molecule has 0 spiro atoms. The van der Waals surface area contributed by atoms with Gasteiger partial charge in [-0.25, -0.2) is 0 Å². The van der Waals surface area contributed by atoms with Crippen molar-refractivity contribution >= 4 is 11.9 Å². The number of carboxylic acids is 1. The highest BCUT2D eigenvalue weighted by atomic mass is 16.4. The van der Waals surface area contributed by atoms with E-state index in [2.05, 4.69) is 12.1 Å². The van der Waals surface area contributed by atoms with Crippen LogP contribution in [0.3, 0.4) is 0 Å². The first kappa shape index (κ1) is 17.2. The van der Waals surface area contributed by atoms with E-state index in [9.17, 15) is 14.7 Å². The first-order chi connectivity index (χ1) is 12.1. The van der Waals surface area contributed by atoms with Crippen LogP contribution >= 0.6 is 0 Å². The lowest BCUT2D eigenvalue weighted by Gasteiger charge is -2.16. The van der Waals surface area contributed by atoms with Crippen LogP contribution in [0.1, 0.15) is 29.9 Å². The summed E-state index contributed by atoms with van der Waals surface area (Å²) in [6.45, 7) is 0.796. The number of carboxylic acid groups (broad SMARTS) is 1. The Morgan fingerprint density at radius 1 is 0.960 bits per heavy atom. The van der Waals surface area contributed by atoms with Crippen LogP contribution in [0.15, 0.2) is 60.7 Å². The van der Waals surface area contributed by atoms with E-state index in [-0.39, 0.29) is 11.8 Å². The molecule has 0 saturated carbocycles. The van der Waals surface area contributed by atoms with Crippen LogP contribution in [0.2, 0.25) is 0 Å². The molecule has 2 aromatic carbocycles. The highest BCUT2D eigenvalue weighted by Gasteiger charge is 2.40. The van der Waals surface area contributed by atoms with Gasteiger partial charge in [-0.05, 0) is 24.0 Å². The van der Waals surface area contributed by atoms with Gasteiger partial charge in [0, 0.05) is 25.4 Å². The normalized spacial score (nSPS) is 19.8. The molecule has 1 aliphatic heterocycles. The maximum Gasteiger partial charge on any atom is 0.308 e. The fourth-order valence-electron chi connectivity index (χ4n) is 3.54. The molecule has 2 aromatic rings. The highest BCUT2D eigenvalue weighted by Crippen LogP contribution is 2.33. The van der Waals surface area contributed by atoms with Gasteiger partial charge in [0.05, 0.1) is 5.92 Å².